The zero-order chi connectivity index (χ0) is 8.72. The Hall–Kier alpha value is -1.19. The zero-order valence-corrected chi connectivity index (χ0v) is 6.13. The standard InChI is InChI=1S/C8H6F3N/c9-5-3-6(10)8-4(7(5)11)1-2-12-8/h3,12H,1-2H2. The second-order valence-corrected chi connectivity index (χ2v) is 2.68. The van der Waals surface area contributed by atoms with Crippen LogP contribution in [-0.4, -0.2) is 6.54 Å². The van der Waals surface area contributed by atoms with Gasteiger partial charge in [0.2, 0.25) is 0 Å². The normalized spacial score (nSPS) is 14.2. The summed E-state index contributed by atoms with van der Waals surface area (Å²) in [5, 5.41) is 2.65. The fraction of sp³-hybridized carbons (Fsp3) is 0.250. The first kappa shape index (κ1) is 7.46. The van der Waals surface area contributed by atoms with Crippen LogP contribution in [0.4, 0.5) is 18.9 Å². The van der Waals surface area contributed by atoms with Crippen molar-refractivity contribution in [3.8, 4) is 0 Å². The zero-order valence-electron chi connectivity index (χ0n) is 6.13. The highest BCUT2D eigenvalue weighted by Crippen LogP contribution is 2.29. The summed E-state index contributed by atoms with van der Waals surface area (Å²) in [4.78, 5) is 0. The Kier molecular flexibility index (Phi) is 1.49. The largest absolute Gasteiger partial charge is 0.382 e. The van der Waals surface area contributed by atoms with Gasteiger partial charge in [-0.1, -0.05) is 0 Å². The number of hydrogen-bond donors (Lipinski definition) is 1. The van der Waals surface area contributed by atoms with Crippen LogP contribution in [0.5, 0.6) is 0 Å². The van der Waals surface area contributed by atoms with Gasteiger partial charge in [0.15, 0.2) is 11.6 Å². The minimum atomic E-state index is -1.12. The lowest BCUT2D eigenvalue weighted by Gasteiger charge is -2.02. The van der Waals surface area contributed by atoms with Gasteiger partial charge in [0.25, 0.3) is 0 Å². The molecule has 1 aromatic rings. The lowest BCUT2D eigenvalue weighted by atomic mass is 10.1. The minimum Gasteiger partial charge on any atom is -0.382 e. The highest BCUT2D eigenvalue weighted by atomic mass is 19.2. The van der Waals surface area contributed by atoms with Crippen LogP contribution in [0.15, 0.2) is 6.07 Å². The van der Waals surface area contributed by atoms with Crippen molar-refractivity contribution >= 4 is 5.69 Å². The van der Waals surface area contributed by atoms with E-state index in [-0.39, 0.29) is 11.3 Å². The molecule has 1 aliphatic heterocycles. The van der Waals surface area contributed by atoms with Gasteiger partial charge in [0.1, 0.15) is 5.82 Å². The van der Waals surface area contributed by atoms with Crippen LogP contribution in [0.25, 0.3) is 0 Å². The smallest absolute Gasteiger partial charge is 0.164 e. The third kappa shape index (κ3) is 0.873. The van der Waals surface area contributed by atoms with Gasteiger partial charge in [0, 0.05) is 18.2 Å². The predicted octanol–water partition coefficient (Wildman–Crippen LogP) is 2.07. The van der Waals surface area contributed by atoms with E-state index in [2.05, 4.69) is 5.32 Å². The molecule has 0 aromatic heterocycles. The second kappa shape index (κ2) is 2.40. The van der Waals surface area contributed by atoms with E-state index in [0.717, 1.165) is 0 Å². The first-order chi connectivity index (χ1) is 5.70. The number of hydrogen-bond acceptors (Lipinski definition) is 1. The van der Waals surface area contributed by atoms with Gasteiger partial charge in [-0.25, -0.2) is 13.2 Å². The highest BCUT2D eigenvalue weighted by Gasteiger charge is 2.21. The van der Waals surface area contributed by atoms with Gasteiger partial charge in [-0.15, -0.1) is 0 Å². The molecule has 64 valence electrons. The Morgan fingerprint density at radius 2 is 1.92 bits per heavy atom. The van der Waals surface area contributed by atoms with Crippen molar-refractivity contribution < 1.29 is 13.2 Å². The first-order valence-corrected chi connectivity index (χ1v) is 3.60. The minimum absolute atomic E-state index is 0.105. The van der Waals surface area contributed by atoms with E-state index < -0.39 is 17.5 Å². The number of nitrogens with one attached hydrogen (secondary N) is 1. The van der Waals surface area contributed by atoms with Crippen LogP contribution in [0.1, 0.15) is 5.56 Å². The molecular formula is C8H6F3N. The van der Waals surface area contributed by atoms with E-state index in [1.165, 1.54) is 0 Å². The molecule has 0 unspecified atom stereocenters. The molecule has 1 N–H and O–H groups in total. The van der Waals surface area contributed by atoms with Crippen molar-refractivity contribution in [2.24, 2.45) is 0 Å². The Labute approximate surface area is 67.2 Å². The summed E-state index contributed by atoms with van der Waals surface area (Å²) in [6, 6.07) is 0.562. The van der Waals surface area contributed by atoms with Crippen LogP contribution in [0.3, 0.4) is 0 Å². The van der Waals surface area contributed by atoms with Gasteiger partial charge in [-0.3, -0.25) is 0 Å². The van der Waals surface area contributed by atoms with Crippen molar-refractivity contribution in [2.75, 3.05) is 11.9 Å². The molecule has 1 heterocycles. The van der Waals surface area contributed by atoms with Gasteiger partial charge in [-0.05, 0) is 6.42 Å². The number of anilines is 1. The maximum Gasteiger partial charge on any atom is 0.164 e. The number of benzene rings is 1. The maximum atomic E-state index is 12.9. The van der Waals surface area contributed by atoms with E-state index in [0.29, 0.717) is 19.0 Å². The molecular weight excluding hydrogens is 167 g/mol. The molecule has 0 spiro atoms. The summed E-state index contributed by atoms with van der Waals surface area (Å²) < 4.78 is 38.4. The number of rotatable bonds is 0. The summed E-state index contributed by atoms with van der Waals surface area (Å²) in [5.74, 6) is -2.77. The summed E-state index contributed by atoms with van der Waals surface area (Å²) >= 11 is 0. The lowest BCUT2D eigenvalue weighted by molar-refractivity contribution is 0.490. The predicted molar refractivity (Wildman–Crippen MR) is 38.5 cm³/mol. The van der Waals surface area contributed by atoms with Crippen LogP contribution < -0.4 is 5.32 Å². The quantitative estimate of drug-likeness (QED) is 0.592. The van der Waals surface area contributed by atoms with Gasteiger partial charge in [0.05, 0.1) is 5.69 Å². The van der Waals surface area contributed by atoms with Crippen molar-refractivity contribution in [2.45, 2.75) is 6.42 Å². The van der Waals surface area contributed by atoms with Gasteiger partial charge >= 0.3 is 0 Å². The topological polar surface area (TPSA) is 12.0 Å². The maximum absolute atomic E-state index is 12.9. The average molecular weight is 173 g/mol. The molecule has 4 heteroatoms. The number of fused-ring (bicyclic) bond motifs is 1. The van der Waals surface area contributed by atoms with E-state index >= 15 is 0 Å². The fourth-order valence-electron chi connectivity index (χ4n) is 1.38. The molecule has 0 radical (unpaired) electrons. The van der Waals surface area contributed by atoms with Crippen LogP contribution in [-0.2, 0) is 6.42 Å². The summed E-state index contributed by atoms with van der Waals surface area (Å²) in [7, 11) is 0. The molecule has 0 bridgehead atoms. The molecule has 1 nitrogen and oxygen atoms in total. The summed E-state index contributed by atoms with van der Waals surface area (Å²) in [6.45, 7) is 0.465. The molecule has 2 rings (SSSR count). The van der Waals surface area contributed by atoms with Crippen molar-refractivity contribution in [3.05, 3.63) is 29.1 Å². The van der Waals surface area contributed by atoms with Crippen molar-refractivity contribution in [1.29, 1.82) is 0 Å². The molecule has 1 aliphatic rings. The Morgan fingerprint density at radius 1 is 1.17 bits per heavy atom. The molecule has 0 saturated carbocycles. The molecule has 0 atom stereocenters. The molecule has 0 amide bonds. The fourth-order valence-corrected chi connectivity index (χ4v) is 1.38. The monoisotopic (exact) mass is 173 g/mol. The lowest BCUT2D eigenvalue weighted by Crippen LogP contribution is -1.95. The van der Waals surface area contributed by atoms with Gasteiger partial charge in [-0.2, -0.15) is 0 Å². The van der Waals surface area contributed by atoms with Gasteiger partial charge < -0.3 is 5.32 Å². The first-order valence-electron chi connectivity index (χ1n) is 3.60. The molecule has 0 fully saturated rings. The van der Waals surface area contributed by atoms with Crippen LogP contribution in [0.2, 0.25) is 0 Å². The molecule has 1 aromatic carbocycles. The SMILES string of the molecule is Fc1cc(F)c2c(c1F)CCN2. The van der Waals surface area contributed by atoms with Crippen molar-refractivity contribution in [1.82, 2.24) is 0 Å². The molecule has 12 heavy (non-hydrogen) atoms. The molecule has 0 aliphatic carbocycles. The third-order valence-electron chi connectivity index (χ3n) is 1.95. The Morgan fingerprint density at radius 3 is 2.67 bits per heavy atom. The third-order valence-corrected chi connectivity index (χ3v) is 1.95. The molecule has 0 saturated heterocycles. The highest BCUT2D eigenvalue weighted by molar-refractivity contribution is 5.57. The summed E-state index contributed by atoms with van der Waals surface area (Å²) in [5.41, 5.74) is 0.224. The number of halogens is 3. The van der Waals surface area contributed by atoms with Crippen molar-refractivity contribution in [3.63, 3.8) is 0 Å². The van der Waals surface area contributed by atoms with E-state index in [4.69, 9.17) is 0 Å². The van der Waals surface area contributed by atoms with Crippen LogP contribution >= 0.6 is 0 Å². The van der Waals surface area contributed by atoms with E-state index in [9.17, 15) is 13.2 Å². The van der Waals surface area contributed by atoms with E-state index in [1.54, 1.807) is 0 Å². The van der Waals surface area contributed by atoms with E-state index in [1.807, 2.05) is 0 Å². The second-order valence-electron chi connectivity index (χ2n) is 2.68. The average Bonchev–Trinajstić information content (AvgIpc) is 2.48. The Bertz CT molecular complexity index is 336. The van der Waals surface area contributed by atoms with Crippen LogP contribution in [0, 0.1) is 17.5 Å². The Balaban J connectivity index is 2.69. The summed E-state index contributed by atoms with van der Waals surface area (Å²) in [6.07, 6.45) is 0.343.